The number of amides is 1. The number of hydrogen-bond acceptors (Lipinski definition) is 3. The molecule has 4 aromatic rings. The molecule has 3 N–H and O–H groups in total. The first-order chi connectivity index (χ1) is 17.2. The topological polar surface area (TPSA) is 58.4 Å². The normalized spacial score (nSPS) is 16.7. The summed E-state index contributed by atoms with van der Waals surface area (Å²) in [7, 11) is 0. The number of nitrogens with zero attached hydrogens (tertiary/aromatic N) is 1. The van der Waals surface area contributed by atoms with Crippen molar-refractivity contribution in [2.24, 2.45) is 0 Å². The van der Waals surface area contributed by atoms with Crippen LogP contribution in [-0.2, 0) is 11.3 Å². The van der Waals surface area contributed by atoms with Gasteiger partial charge in [0.25, 0.3) is 0 Å². The highest BCUT2D eigenvalue weighted by Gasteiger charge is 2.34. The fourth-order valence-corrected chi connectivity index (χ4v) is 5.33. The molecule has 1 fully saturated rings. The molecule has 4 heteroatoms. The van der Waals surface area contributed by atoms with Crippen molar-refractivity contribution < 1.29 is 4.79 Å². The summed E-state index contributed by atoms with van der Waals surface area (Å²) in [4.78, 5) is 15.6. The van der Waals surface area contributed by atoms with Gasteiger partial charge in [0.05, 0.1) is 13.1 Å². The highest BCUT2D eigenvalue weighted by molar-refractivity contribution is 5.97. The van der Waals surface area contributed by atoms with E-state index in [1.54, 1.807) is 0 Å². The summed E-state index contributed by atoms with van der Waals surface area (Å²) in [6, 6.07) is 33.4. The lowest BCUT2D eigenvalue weighted by Crippen LogP contribution is -2.35. The summed E-state index contributed by atoms with van der Waals surface area (Å²) in [5, 5.41) is 3.27. The van der Waals surface area contributed by atoms with E-state index in [1.165, 1.54) is 40.7 Å². The summed E-state index contributed by atoms with van der Waals surface area (Å²) < 4.78 is 0. The van der Waals surface area contributed by atoms with Gasteiger partial charge in [-0.3, -0.25) is 4.79 Å². The van der Waals surface area contributed by atoms with Gasteiger partial charge in [0, 0.05) is 23.0 Å². The molecule has 1 heterocycles. The molecule has 4 nitrogen and oxygen atoms in total. The second kappa shape index (κ2) is 8.95. The van der Waals surface area contributed by atoms with Crippen molar-refractivity contribution in [3.8, 4) is 0 Å². The Morgan fingerprint density at radius 1 is 0.771 bits per heavy atom. The Morgan fingerprint density at radius 2 is 1.40 bits per heavy atom. The van der Waals surface area contributed by atoms with Crippen molar-refractivity contribution in [1.29, 1.82) is 0 Å². The molecule has 4 aromatic carbocycles. The Morgan fingerprint density at radius 3 is 2.14 bits per heavy atom. The van der Waals surface area contributed by atoms with Gasteiger partial charge >= 0.3 is 0 Å². The molecule has 174 valence electrons. The van der Waals surface area contributed by atoms with Crippen LogP contribution in [0.15, 0.2) is 97.1 Å². The molecule has 35 heavy (non-hydrogen) atoms. The van der Waals surface area contributed by atoms with Gasteiger partial charge in [-0.2, -0.15) is 0 Å². The van der Waals surface area contributed by atoms with E-state index in [4.69, 9.17) is 5.73 Å². The van der Waals surface area contributed by atoms with E-state index in [0.717, 1.165) is 11.4 Å². The van der Waals surface area contributed by atoms with Gasteiger partial charge in [0.1, 0.15) is 0 Å². The minimum Gasteiger partial charge on any atom is -0.399 e. The third kappa shape index (κ3) is 4.17. The zero-order chi connectivity index (χ0) is 23.8. The molecular weight excluding hydrogens is 430 g/mol. The van der Waals surface area contributed by atoms with Gasteiger partial charge in [-0.1, -0.05) is 66.7 Å². The fourth-order valence-electron chi connectivity index (χ4n) is 5.33. The number of carbonyl (C=O) groups is 1. The molecule has 2 aliphatic rings. The molecule has 1 amide bonds. The van der Waals surface area contributed by atoms with Crippen molar-refractivity contribution in [2.75, 3.05) is 22.5 Å². The molecule has 0 spiro atoms. The van der Waals surface area contributed by atoms with Crippen LogP contribution in [0, 0.1) is 0 Å². The molecule has 1 unspecified atom stereocenters. The number of nitrogens with one attached hydrogen (secondary N) is 1. The number of rotatable bonds is 5. The number of fused-ring (bicyclic) bond motifs is 2. The summed E-state index contributed by atoms with van der Waals surface area (Å²) >= 11 is 0. The predicted molar refractivity (Wildman–Crippen MR) is 143 cm³/mol. The van der Waals surface area contributed by atoms with Crippen LogP contribution in [0.5, 0.6) is 0 Å². The van der Waals surface area contributed by atoms with Crippen LogP contribution in [0.2, 0.25) is 0 Å². The molecule has 6 rings (SSSR count). The Kier molecular flexibility index (Phi) is 5.49. The van der Waals surface area contributed by atoms with Crippen LogP contribution in [-0.4, -0.2) is 12.5 Å². The van der Waals surface area contributed by atoms with Crippen LogP contribution in [0.3, 0.4) is 0 Å². The first kappa shape index (κ1) is 21.5. The smallest absolute Gasteiger partial charge is 0.246 e. The maximum Gasteiger partial charge on any atom is 0.246 e. The van der Waals surface area contributed by atoms with E-state index in [-0.39, 0.29) is 18.4 Å². The van der Waals surface area contributed by atoms with E-state index in [2.05, 4.69) is 72.0 Å². The summed E-state index contributed by atoms with van der Waals surface area (Å²) in [6.07, 6.45) is 2.52. The Balaban J connectivity index is 1.42. The summed E-state index contributed by atoms with van der Waals surface area (Å²) in [6.45, 7) is 0.765. The maximum absolute atomic E-state index is 13.6. The number of hydrogen-bond donors (Lipinski definition) is 2. The minimum atomic E-state index is 0.0419. The number of benzene rings is 4. The van der Waals surface area contributed by atoms with E-state index >= 15 is 0 Å². The maximum atomic E-state index is 13.6. The van der Waals surface area contributed by atoms with Crippen molar-refractivity contribution in [1.82, 2.24) is 0 Å². The summed E-state index contributed by atoms with van der Waals surface area (Å²) in [5.41, 5.74) is 14.9. The number of nitrogens with two attached hydrogens (primary N) is 1. The molecule has 0 aromatic heterocycles. The van der Waals surface area contributed by atoms with Gasteiger partial charge in [-0.25, -0.2) is 0 Å². The van der Waals surface area contributed by atoms with Gasteiger partial charge < -0.3 is 16.0 Å². The van der Waals surface area contributed by atoms with Gasteiger partial charge in [-0.15, -0.1) is 0 Å². The Hall–Kier alpha value is -4.05. The molecule has 0 radical (unpaired) electrons. The monoisotopic (exact) mass is 459 g/mol. The molecule has 1 aliphatic carbocycles. The second-order valence-corrected chi connectivity index (χ2v) is 9.55. The lowest BCUT2D eigenvalue weighted by atomic mass is 9.80. The second-order valence-electron chi connectivity index (χ2n) is 9.55. The standard InChI is InChI=1S/C31H29N3O/c32-23-15-17-24(18-16-23)33-19-30(35)34-20-22-7-1-2-9-26(22)31(28-11-5-6-12-29(28)34)27-10-4-3-8-25(27)21-13-14-21/h1-12,15-18,21,31,33H,13-14,19-20,32H2. The minimum absolute atomic E-state index is 0.0419. The highest BCUT2D eigenvalue weighted by atomic mass is 16.2. The zero-order valence-electron chi connectivity index (χ0n) is 19.7. The predicted octanol–water partition coefficient (Wildman–Crippen LogP) is 6.29. The third-order valence-corrected chi connectivity index (χ3v) is 7.21. The average Bonchev–Trinajstić information content (AvgIpc) is 3.75. The van der Waals surface area contributed by atoms with Crippen molar-refractivity contribution >= 4 is 23.0 Å². The van der Waals surface area contributed by atoms with Crippen LogP contribution in [0.25, 0.3) is 0 Å². The van der Waals surface area contributed by atoms with E-state index in [9.17, 15) is 4.79 Å². The Labute approximate surface area is 206 Å². The average molecular weight is 460 g/mol. The van der Waals surface area contributed by atoms with Crippen LogP contribution >= 0.6 is 0 Å². The van der Waals surface area contributed by atoms with E-state index < -0.39 is 0 Å². The molecule has 1 atom stereocenters. The number of anilines is 3. The largest absolute Gasteiger partial charge is 0.399 e. The van der Waals surface area contributed by atoms with Gasteiger partial charge in [0.2, 0.25) is 5.91 Å². The van der Waals surface area contributed by atoms with Gasteiger partial charge in [0.15, 0.2) is 0 Å². The lowest BCUT2D eigenvalue weighted by molar-refractivity contribution is -0.117. The molecule has 0 saturated heterocycles. The highest BCUT2D eigenvalue weighted by Crippen LogP contribution is 2.48. The number of carbonyl (C=O) groups excluding carboxylic acids is 1. The van der Waals surface area contributed by atoms with Crippen LogP contribution in [0.4, 0.5) is 17.1 Å². The number of nitrogen functional groups attached to an aromatic ring is 1. The first-order valence-corrected chi connectivity index (χ1v) is 12.3. The van der Waals surface area contributed by atoms with Crippen molar-refractivity contribution in [3.63, 3.8) is 0 Å². The fraction of sp³-hybridized carbons (Fsp3) is 0.194. The lowest BCUT2D eigenvalue weighted by Gasteiger charge is -2.26. The van der Waals surface area contributed by atoms with Crippen LogP contribution < -0.4 is 16.0 Å². The summed E-state index contributed by atoms with van der Waals surface area (Å²) in [5.74, 6) is 0.790. The molecular formula is C31H29N3O. The zero-order valence-corrected chi connectivity index (χ0v) is 19.7. The third-order valence-electron chi connectivity index (χ3n) is 7.21. The molecule has 1 saturated carbocycles. The quantitative estimate of drug-likeness (QED) is 0.345. The molecule has 0 bridgehead atoms. The molecule has 1 aliphatic heterocycles. The van der Waals surface area contributed by atoms with E-state index in [0.29, 0.717) is 18.2 Å². The van der Waals surface area contributed by atoms with Crippen molar-refractivity contribution in [3.05, 3.63) is 125 Å². The van der Waals surface area contributed by atoms with Crippen LogP contribution in [0.1, 0.15) is 52.5 Å². The van der Waals surface area contributed by atoms with E-state index in [1.807, 2.05) is 35.2 Å². The van der Waals surface area contributed by atoms with Crippen molar-refractivity contribution in [2.45, 2.75) is 31.2 Å². The Bertz CT molecular complexity index is 1370. The first-order valence-electron chi connectivity index (χ1n) is 12.3. The van der Waals surface area contributed by atoms with Gasteiger partial charge in [-0.05, 0) is 76.9 Å². The SMILES string of the molecule is Nc1ccc(NCC(=O)N2Cc3ccccc3C(c3ccccc3C3CC3)c3ccccc32)cc1. The number of para-hydroxylation sites is 1.